The topological polar surface area (TPSA) is 33.3 Å². The normalized spacial score (nSPS) is 17.3. The van der Waals surface area contributed by atoms with Gasteiger partial charge in [-0.3, -0.25) is 0 Å². The predicted octanol–water partition coefficient (Wildman–Crippen LogP) is 1.54. The third-order valence-electron chi connectivity index (χ3n) is 3.07. The summed E-state index contributed by atoms with van der Waals surface area (Å²) >= 11 is 0. The van der Waals surface area contributed by atoms with Crippen molar-refractivity contribution in [2.75, 3.05) is 20.2 Å². The monoisotopic (exact) mass is 220 g/mol. The number of ether oxygens (including phenoxy) is 1. The van der Waals surface area contributed by atoms with Crippen LogP contribution < -0.4 is 15.4 Å². The minimum absolute atomic E-state index is 0.660. The molecule has 88 valence electrons. The maximum atomic E-state index is 5.21. The lowest BCUT2D eigenvalue weighted by molar-refractivity contribution is 0.385. The van der Waals surface area contributed by atoms with Crippen LogP contribution >= 0.6 is 0 Å². The van der Waals surface area contributed by atoms with Gasteiger partial charge in [-0.05, 0) is 43.6 Å². The number of methoxy groups -OCH3 is 1. The van der Waals surface area contributed by atoms with Crippen LogP contribution in [0, 0.1) is 0 Å². The van der Waals surface area contributed by atoms with Gasteiger partial charge in [0.15, 0.2) is 0 Å². The molecule has 0 radical (unpaired) electrons. The number of rotatable bonds is 4. The van der Waals surface area contributed by atoms with E-state index in [1.807, 2.05) is 12.1 Å². The Hall–Kier alpha value is -1.06. The van der Waals surface area contributed by atoms with Gasteiger partial charge in [-0.25, -0.2) is 0 Å². The van der Waals surface area contributed by atoms with E-state index in [0.29, 0.717) is 6.04 Å². The Bertz CT molecular complexity index is 321. The van der Waals surface area contributed by atoms with Crippen molar-refractivity contribution in [3.05, 3.63) is 29.8 Å². The zero-order valence-corrected chi connectivity index (χ0v) is 9.83. The lowest BCUT2D eigenvalue weighted by atomic mass is 10.1. The maximum Gasteiger partial charge on any atom is 0.119 e. The van der Waals surface area contributed by atoms with E-state index in [1.54, 1.807) is 7.11 Å². The molecule has 0 saturated carbocycles. The van der Waals surface area contributed by atoms with Crippen LogP contribution in [0.15, 0.2) is 24.3 Å². The third kappa shape index (κ3) is 3.22. The summed E-state index contributed by atoms with van der Waals surface area (Å²) in [5.74, 6) is 0.935. The van der Waals surface area contributed by atoms with Crippen LogP contribution in [-0.4, -0.2) is 26.2 Å². The highest BCUT2D eigenvalue weighted by molar-refractivity contribution is 5.28. The molecule has 3 heteroatoms. The first-order valence-corrected chi connectivity index (χ1v) is 5.95. The van der Waals surface area contributed by atoms with Crippen LogP contribution in [0.4, 0.5) is 0 Å². The fourth-order valence-electron chi connectivity index (χ4n) is 2.07. The summed E-state index contributed by atoms with van der Waals surface area (Å²) in [5.41, 5.74) is 1.29. The lowest BCUT2D eigenvalue weighted by Gasteiger charge is -2.23. The number of benzene rings is 1. The summed E-state index contributed by atoms with van der Waals surface area (Å²) in [5, 5.41) is 6.96. The molecule has 1 aliphatic rings. The van der Waals surface area contributed by atoms with Gasteiger partial charge in [0, 0.05) is 12.6 Å². The van der Waals surface area contributed by atoms with Gasteiger partial charge in [0.05, 0.1) is 7.11 Å². The zero-order valence-electron chi connectivity index (χ0n) is 9.83. The van der Waals surface area contributed by atoms with Gasteiger partial charge in [0.25, 0.3) is 0 Å². The van der Waals surface area contributed by atoms with E-state index in [0.717, 1.165) is 25.4 Å². The second kappa shape index (κ2) is 5.87. The first-order chi connectivity index (χ1) is 7.88. The van der Waals surface area contributed by atoms with Crippen molar-refractivity contribution in [1.82, 2.24) is 10.6 Å². The molecule has 0 aliphatic carbocycles. The van der Waals surface area contributed by atoms with Crippen molar-refractivity contribution in [2.24, 2.45) is 0 Å². The second-order valence-electron chi connectivity index (χ2n) is 4.26. The molecule has 1 fully saturated rings. The van der Waals surface area contributed by atoms with Gasteiger partial charge in [0.2, 0.25) is 0 Å². The molecule has 16 heavy (non-hydrogen) atoms. The molecule has 0 spiro atoms. The standard InChI is InChI=1S/C13H20N2O/c1-16-13-4-2-3-11(9-13)10-15-12-5-7-14-8-6-12/h2-4,9,12,14-15H,5-8,10H2,1H3. The van der Waals surface area contributed by atoms with Gasteiger partial charge in [-0.2, -0.15) is 0 Å². The van der Waals surface area contributed by atoms with E-state index in [4.69, 9.17) is 4.74 Å². The minimum atomic E-state index is 0.660. The predicted molar refractivity (Wildman–Crippen MR) is 65.7 cm³/mol. The van der Waals surface area contributed by atoms with Crippen molar-refractivity contribution >= 4 is 0 Å². The number of piperidine rings is 1. The van der Waals surface area contributed by atoms with Crippen molar-refractivity contribution in [1.29, 1.82) is 0 Å². The average Bonchev–Trinajstić information content (AvgIpc) is 2.38. The molecule has 1 aliphatic heterocycles. The van der Waals surface area contributed by atoms with Crippen LogP contribution in [0.1, 0.15) is 18.4 Å². The maximum absolute atomic E-state index is 5.21. The fourth-order valence-corrected chi connectivity index (χ4v) is 2.07. The zero-order chi connectivity index (χ0) is 11.2. The molecular formula is C13H20N2O. The van der Waals surface area contributed by atoms with Crippen LogP contribution in [0.3, 0.4) is 0 Å². The van der Waals surface area contributed by atoms with Gasteiger partial charge < -0.3 is 15.4 Å². The van der Waals surface area contributed by atoms with E-state index in [2.05, 4.69) is 22.8 Å². The molecule has 1 saturated heterocycles. The molecule has 1 aromatic carbocycles. The summed E-state index contributed by atoms with van der Waals surface area (Å²) in [6.45, 7) is 3.20. The molecule has 3 nitrogen and oxygen atoms in total. The summed E-state index contributed by atoms with van der Waals surface area (Å²) in [4.78, 5) is 0. The molecule has 0 amide bonds. The Morgan fingerprint density at radius 1 is 1.38 bits per heavy atom. The van der Waals surface area contributed by atoms with Crippen LogP contribution in [0.25, 0.3) is 0 Å². The van der Waals surface area contributed by atoms with E-state index < -0.39 is 0 Å². The molecule has 2 rings (SSSR count). The fraction of sp³-hybridized carbons (Fsp3) is 0.538. The summed E-state index contributed by atoms with van der Waals surface area (Å²) < 4.78 is 5.21. The minimum Gasteiger partial charge on any atom is -0.497 e. The summed E-state index contributed by atoms with van der Waals surface area (Å²) in [7, 11) is 1.71. The van der Waals surface area contributed by atoms with E-state index >= 15 is 0 Å². The van der Waals surface area contributed by atoms with Crippen LogP contribution in [0.2, 0.25) is 0 Å². The lowest BCUT2D eigenvalue weighted by Crippen LogP contribution is -2.39. The molecule has 0 aromatic heterocycles. The van der Waals surface area contributed by atoms with Crippen molar-refractivity contribution in [3.8, 4) is 5.75 Å². The van der Waals surface area contributed by atoms with Gasteiger partial charge >= 0.3 is 0 Å². The summed E-state index contributed by atoms with van der Waals surface area (Å²) in [6, 6.07) is 8.91. The molecule has 0 bridgehead atoms. The highest BCUT2D eigenvalue weighted by Crippen LogP contribution is 2.13. The largest absolute Gasteiger partial charge is 0.497 e. The van der Waals surface area contributed by atoms with E-state index in [1.165, 1.54) is 18.4 Å². The average molecular weight is 220 g/mol. The first-order valence-electron chi connectivity index (χ1n) is 5.95. The van der Waals surface area contributed by atoms with Crippen molar-refractivity contribution in [3.63, 3.8) is 0 Å². The van der Waals surface area contributed by atoms with Gasteiger partial charge in [-0.1, -0.05) is 12.1 Å². The molecular weight excluding hydrogens is 200 g/mol. The quantitative estimate of drug-likeness (QED) is 0.807. The first kappa shape index (κ1) is 11.4. The number of nitrogens with one attached hydrogen (secondary N) is 2. The Balaban J connectivity index is 1.83. The highest BCUT2D eigenvalue weighted by Gasteiger charge is 2.11. The Kier molecular flexibility index (Phi) is 4.19. The van der Waals surface area contributed by atoms with Crippen LogP contribution in [0.5, 0.6) is 5.75 Å². The SMILES string of the molecule is COc1cccc(CNC2CCNCC2)c1. The van der Waals surface area contributed by atoms with Crippen molar-refractivity contribution < 1.29 is 4.74 Å². The molecule has 1 aromatic rings. The molecule has 2 N–H and O–H groups in total. The molecule has 1 heterocycles. The number of hydrogen-bond donors (Lipinski definition) is 2. The van der Waals surface area contributed by atoms with E-state index in [-0.39, 0.29) is 0 Å². The molecule has 0 atom stereocenters. The second-order valence-corrected chi connectivity index (χ2v) is 4.26. The van der Waals surface area contributed by atoms with E-state index in [9.17, 15) is 0 Å². The third-order valence-corrected chi connectivity index (χ3v) is 3.07. The van der Waals surface area contributed by atoms with Crippen LogP contribution in [-0.2, 0) is 6.54 Å². The highest BCUT2D eigenvalue weighted by atomic mass is 16.5. The van der Waals surface area contributed by atoms with Gasteiger partial charge in [-0.15, -0.1) is 0 Å². The smallest absolute Gasteiger partial charge is 0.119 e. The van der Waals surface area contributed by atoms with Crippen molar-refractivity contribution in [2.45, 2.75) is 25.4 Å². The summed E-state index contributed by atoms with van der Waals surface area (Å²) in [6.07, 6.45) is 2.45. The van der Waals surface area contributed by atoms with Gasteiger partial charge in [0.1, 0.15) is 5.75 Å². The Morgan fingerprint density at radius 2 is 2.19 bits per heavy atom. The Morgan fingerprint density at radius 3 is 2.94 bits per heavy atom. The molecule has 0 unspecified atom stereocenters. The number of hydrogen-bond acceptors (Lipinski definition) is 3. The Labute approximate surface area is 97.2 Å².